The Morgan fingerprint density at radius 3 is 2.53 bits per heavy atom. The standard InChI is InChI=1S/C19H23ClN6O3S/c1-5-11(3)26-17-15(12(4)23-19(20)25-17)24-16(18(26)27)22-9-13-7-8-14(10-21-13)30(28,29)6-2/h7-8,10-11H,5-6,9H2,1-4H3,(H,22,24)/t11-/m1/s1. The van der Waals surface area contributed by atoms with Gasteiger partial charge in [-0.1, -0.05) is 13.8 Å². The lowest BCUT2D eigenvalue weighted by Gasteiger charge is -2.17. The first-order valence-corrected chi connectivity index (χ1v) is 11.6. The van der Waals surface area contributed by atoms with Crippen molar-refractivity contribution in [3.8, 4) is 0 Å². The number of hydrogen-bond acceptors (Lipinski definition) is 8. The van der Waals surface area contributed by atoms with Gasteiger partial charge in [-0.2, -0.15) is 4.98 Å². The second-order valence-corrected chi connectivity index (χ2v) is 9.50. The molecule has 0 saturated carbocycles. The third-order valence-electron chi connectivity index (χ3n) is 4.89. The predicted molar refractivity (Wildman–Crippen MR) is 116 cm³/mol. The first-order valence-electron chi connectivity index (χ1n) is 9.55. The molecule has 0 bridgehead atoms. The number of sulfone groups is 1. The lowest BCUT2D eigenvalue weighted by molar-refractivity contribution is 0.526. The molecule has 0 saturated heterocycles. The molecule has 0 aliphatic carbocycles. The van der Waals surface area contributed by atoms with E-state index in [2.05, 4.69) is 25.3 Å². The molecule has 0 aromatic carbocycles. The van der Waals surface area contributed by atoms with Crippen LogP contribution < -0.4 is 10.9 Å². The molecule has 3 heterocycles. The number of hydrogen-bond donors (Lipinski definition) is 1. The Balaban J connectivity index is 1.99. The SMILES string of the molecule is CC[C@@H](C)n1c(=O)c(NCc2ccc(S(=O)(=O)CC)cn2)nc2c(C)nc(Cl)nc21. The molecule has 1 atom stereocenters. The maximum atomic E-state index is 13.1. The van der Waals surface area contributed by atoms with E-state index in [1.807, 2.05) is 13.8 Å². The van der Waals surface area contributed by atoms with Crippen molar-refractivity contribution in [1.82, 2.24) is 24.5 Å². The Bertz CT molecular complexity index is 1240. The van der Waals surface area contributed by atoms with E-state index in [9.17, 15) is 13.2 Å². The summed E-state index contributed by atoms with van der Waals surface area (Å²) in [6.45, 7) is 7.44. The fourth-order valence-corrected chi connectivity index (χ4v) is 3.96. The minimum atomic E-state index is -3.31. The van der Waals surface area contributed by atoms with Gasteiger partial charge in [0.25, 0.3) is 5.56 Å². The van der Waals surface area contributed by atoms with Gasteiger partial charge in [-0.05, 0) is 44.0 Å². The summed E-state index contributed by atoms with van der Waals surface area (Å²) >= 11 is 6.00. The topological polar surface area (TPSA) is 120 Å². The highest BCUT2D eigenvalue weighted by molar-refractivity contribution is 7.91. The molecule has 160 valence electrons. The van der Waals surface area contributed by atoms with Crippen molar-refractivity contribution in [3.63, 3.8) is 0 Å². The molecular weight excluding hydrogens is 428 g/mol. The van der Waals surface area contributed by atoms with E-state index in [1.165, 1.54) is 12.3 Å². The number of halogens is 1. The highest BCUT2D eigenvalue weighted by atomic mass is 35.5. The van der Waals surface area contributed by atoms with Crippen LogP contribution in [-0.4, -0.2) is 38.7 Å². The molecule has 30 heavy (non-hydrogen) atoms. The third kappa shape index (κ3) is 4.29. The van der Waals surface area contributed by atoms with Crippen molar-refractivity contribution in [3.05, 3.63) is 45.4 Å². The smallest absolute Gasteiger partial charge is 0.295 e. The summed E-state index contributed by atoms with van der Waals surface area (Å²) in [7, 11) is -3.31. The van der Waals surface area contributed by atoms with Crippen molar-refractivity contribution in [1.29, 1.82) is 0 Å². The summed E-state index contributed by atoms with van der Waals surface area (Å²) in [4.78, 5) is 30.2. The van der Waals surface area contributed by atoms with Crippen molar-refractivity contribution in [2.75, 3.05) is 11.1 Å². The van der Waals surface area contributed by atoms with Crippen molar-refractivity contribution in [2.24, 2.45) is 0 Å². The number of anilines is 1. The van der Waals surface area contributed by atoms with Gasteiger partial charge in [-0.15, -0.1) is 0 Å². The Hall–Kier alpha value is -2.59. The average Bonchev–Trinajstić information content (AvgIpc) is 2.72. The number of rotatable bonds is 7. The van der Waals surface area contributed by atoms with Crippen LogP contribution in [0.3, 0.4) is 0 Å². The normalized spacial score (nSPS) is 12.8. The molecular formula is C19H23ClN6O3S. The fourth-order valence-electron chi connectivity index (χ4n) is 2.93. The third-order valence-corrected chi connectivity index (χ3v) is 6.78. The van der Waals surface area contributed by atoms with Gasteiger partial charge in [-0.25, -0.2) is 18.4 Å². The molecule has 0 fully saturated rings. The molecule has 1 N–H and O–H groups in total. The van der Waals surface area contributed by atoms with Crippen molar-refractivity contribution in [2.45, 2.75) is 51.6 Å². The summed E-state index contributed by atoms with van der Waals surface area (Å²) < 4.78 is 25.4. The molecule has 0 unspecified atom stereocenters. The van der Waals surface area contributed by atoms with Gasteiger partial charge in [0, 0.05) is 12.2 Å². The number of aromatic nitrogens is 5. The minimum absolute atomic E-state index is 0.00782. The summed E-state index contributed by atoms with van der Waals surface area (Å²) in [5.41, 5.74) is 1.70. The number of aryl methyl sites for hydroxylation is 1. The summed E-state index contributed by atoms with van der Waals surface area (Å²) in [5.74, 6) is 0.150. The largest absolute Gasteiger partial charge is 0.360 e. The van der Waals surface area contributed by atoms with Gasteiger partial charge in [0.05, 0.1) is 28.6 Å². The lowest BCUT2D eigenvalue weighted by atomic mass is 10.2. The first-order chi connectivity index (χ1) is 14.2. The highest BCUT2D eigenvalue weighted by Crippen LogP contribution is 2.20. The Morgan fingerprint density at radius 1 is 1.20 bits per heavy atom. The zero-order valence-corrected chi connectivity index (χ0v) is 18.8. The average molecular weight is 451 g/mol. The van der Waals surface area contributed by atoms with E-state index in [4.69, 9.17) is 11.6 Å². The molecule has 9 nitrogen and oxygen atoms in total. The zero-order valence-electron chi connectivity index (χ0n) is 17.2. The van der Waals surface area contributed by atoms with Crippen LogP contribution in [0.2, 0.25) is 5.28 Å². The predicted octanol–water partition coefficient (Wildman–Crippen LogP) is 2.92. The molecule has 11 heteroatoms. The molecule has 3 aromatic rings. The molecule has 0 radical (unpaired) electrons. The number of nitrogens with one attached hydrogen (secondary N) is 1. The Kier molecular flexibility index (Phi) is 6.37. The van der Waals surface area contributed by atoms with Gasteiger partial charge in [0.2, 0.25) is 5.28 Å². The van der Waals surface area contributed by atoms with Crippen LogP contribution in [0.25, 0.3) is 11.2 Å². The van der Waals surface area contributed by atoms with E-state index in [-0.39, 0.29) is 39.9 Å². The van der Waals surface area contributed by atoms with E-state index >= 15 is 0 Å². The van der Waals surface area contributed by atoms with Gasteiger partial charge in [0.1, 0.15) is 5.52 Å². The Morgan fingerprint density at radius 2 is 1.93 bits per heavy atom. The van der Waals surface area contributed by atoms with Gasteiger partial charge >= 0.3 is 0 Å². The quantitative estimate of drug-likeness (QED) is 0.545. The monoisotopic (exact) mass is 450 g/mol. The van der Waals surface area contributed by atoms with Crippen LogP contribution in [0.4, 0.5) is 5.82 Å². The molecule has 0 spiro atoms. The second-order valence-electron chi connectivity index (χ2n) is 6.89. The number of pyridine rings is 1. The maximum Gasteiger partial charge on any atom is 0.295 e. The Labute approximate surface area is 179 Å². The van der Waals surface area contributed by atoms with Crippen LogP contribution >= 0.6 is 11.6 Å². The van der Waals surface area contributed by atoms with E-state index in [0.29, 0.717) is 29.0 Å². The lowest BCUT2D eigenvalue weighted by Crippen LogP contribution is -2.28. The summed E-state index contributed by atoms with van der Waals surface area (Å²) in [6.07, 6.45) is 2.04. The molecule has 3 aromatic heterocycles. The molecule has 0 aliphatic heterocycles. The van der Waals surface area contributed by atoms with E-state index < -0.39 is 9.84 Å². The van der Waals surface area contributed by atoms with Crippen molar-refractivity contribution >= 4 is 38.4 Å². The fraction of sp³-hybridized carbons (Fsp3) is 0.421. The number of nitrogens with zero attached hydrogens (tertiary/aromatic N) is 5. The van der Waals surface area contributed by atoms with Crippen LogP contribution in [0.15, 0.2) is 28.0 Å². The van der Waals surface area contributed by atoms with Gasteiger partial charge in [-0.3, -0.25) is 14.3 Å². The van der Waals surface area contributed by atoms with E-state index in [0.717, 1.165) is 0 Å². The second kappa shape index (κ2) is 8.65. The van der Waals surface area contributed by atoms with Crippen LogP contribution in [-0.2, 0) is 16.4 Å². The summed E-state index contributed by atoms with van der Waals surface area (Å²) in [5, 5.41) is 3.07. The highest BCUT2D eigenvalue weighted by Gasteiger charge is 2.19. The molecule has 3 rings (SSSR count). The zero-order chi connectivity index (χ0) is 22.1. The molecule has 0 aliphatic rings. The number of fused-ring (bicyclic) bond motifs is 1. The van der Waals surface area contributed by atoms with Crippen LogP contribution in [0, 0.1) is 6.92 Å². The van der Waals surface area contributed by atoms with Crippen LogP contribution in [0.1, 0.15) is 44.6 Å². The van der Waals surface area contributed by atoms with E-state index in [1.54, 1.807) is 24.5 Å². The van der Waals surface area contributed by atoms with Gasteiger partial charge < -0.3 is 5.32 Å². The first kappa shape index (κ1) is 22.1. The maximum absolute atomic E-state index is 13.1. The minimum Gasteiger partial charge on any atom is -0.360 e. The summed E-state index contributed by atoms with van der Waals surface area (Å²) in [6, 6.07) is 3.00. The molecule has 0 amide bonds. The van der Waals surface area contributed by atoms with Crippen LogP contribution in [0.5, 0.6) is 0 Å². The van der Waals surface area contributed by atoms with Crippen molar-refractivity contribution < 1.29 is 8.42 Å². The van der Waals surface area contributed by atoms with Gasteiger partial charge in [0.15, 0.2) is 21.3 Å².